The third-order valence-electron chi connectivity index (χ3n) is 5.03. The molecule has 7 heteroatoms. The first-order valence-corrected chi connectivity index (χ1v) is 11.9. The normalized spacial score (nSPS) is 11.1. The van der Waals surface area contributed by atoms with Gasteiger partial charge in [-0.1, -0.05) is 48.0 Å². The zero-order valence-corrected chi connectivity index (χ0v) is 19.1. The maximum atomic E-state index is 13.3. The quantitative estimate of drug-likeness (QED) is 0.473. The summed E-state index contributed by atoms with van der Waals surface area (Å²) in [6.07, 6.45) is 1.61. The number of anilines is 1. The fourth-order valence-electron chi connectivity index (χ4n) is 3.36. The van der Waals surface area contributed by atoms with Crippen molar-refractivity contribution >= 4 is 21.6 Å². The molecule has 0 aliphatic heterocycles. The van der Waals surface area contributed by atoms with E-state index in [0.29, 0.717) is 18.0 Å². The number of rotatable bonds is 10. The molecular weight excluding hydrogens is 424 g/mol. The molecule has 0 saturated heterocycles. The smallest absolute Gasteiger partial charge is 0.264 e. The van der Waals surface area contributed by atoms with Crippen molar-refractivity contribution in [1.29, 1.82) is 0 Å². The fourth-order valence-corrected chi connectivity index (χ4v) is 4.80. The van der Waals surface area contributed by atoms with Gasteiger partial charge in [-0.25, -0.2) is 8.42 Å². The number of methoxy groups -OCH3 is 1. The van der Waals surface area contributed by atoms with E-state index in [4.69, 9.17) is 4.74 Å². The topological polar surface area (TPSA) is 75.7 Å². The molecule has 32 heavy (non-hydrogen) atoms. The molecule has 0 unspecified atom stereocenters. The zero-order valence-electron chi connectivity index (χ0n) is 18.3. The largest absolute Gasteiger partial charge is 0.497 e. The Hall–Kier alpha value is -3.32. The summed E-state index contributed by atoms with van der Waals surface area (Å²) < 4.78 is 32.9. The van der Waals surface area contributed by atoms with Crippen molar-refractivity contribution in [3.05, 3.63) is 90.0 Å². The van der Waals surface area contributed by atoms with E-state index >= 15 is 0 Å². The number of ether oxygens (including phenoxy) is 1. The Morgan fingerprint density at radius 2 is 1.69 bits per heavy atom. The number of aryl methyl sites for hydroxylation is 2. The SMILES string of the molecule is COc1ccc(N(CC(=O)NCCCc2cccc(C)c2)S(=O)(=O)c2ccccc2)cc1. The average molecular weight is 453 g/mol. The summed E-state index contributed by atoms with van der Waals surface area (Å²) in [6.45, 7) is 2.20. The monoisotopic (exact) mass is 452 g/mol. The molecule has 0 bridgehead atoms. The van der Waals surface area contributed by atoms with Gasteiger partial charge < -0.3 is 10.1 Å². The molecule has 0 fully saturated rings. The second-order valence-corrected chi connectivity index (χ2v) is 9.33. The van der Waals surface area contributed by atoms with Crippen molar-refractivity contribution in [2.45, 2.75) is 24.7 Å². The van der Waals surface area contributed by atoms with E-state index in [1.54, 1.807) is 42.5 Å². The summed E-state index contributed by atoms with van der Waals surface area (Å²) in [7, 11) is -2.38. The predicted octanol–water partition coefficient (Wildman–Crippen LogP) is 3.95. The molecule has 0 atom stereocenters. The molecule has 0 aliphatic carbocycles. The Balaban J connectivity index is 1.69. The highest BCUT2D eigenvalue weighted by molar-refractivity contribution is 7.92. The summed E-state index contributed by atoms with van der Waals surface area (Å²) in [5, 5.41) is 2.84. The minimum Gasteiger partial charge on any atom is -0.497 e. The average Bonchev–Trinajstić information content (AvgIpc) is 2.81. The van der Waals surface area contributed by atoms with Crippen LogP contribution in [0.15, 0.2) is 83.8 Å². The standard InChI is InChI=1S/C25H28N2O4S/c1-20-8-6-9-21(18-20)10-7-17-26-25(28)19-27(22-13-15-23(31-2)16-14-22)32(29,30)24-11-4-3-5-12-24/h3-6,8-9,11-16,18H,7,10,17,19H2,1-2H3,(H,26,28). The molecule has 0 aromatic heterocycles. The number of carbonyl (C=O) groups is 1. The fraction of sp³-hybridized carbons (Fsp3) is 0.240. The van der Waals surface area contributed by atoms with Crippen LogP contribution >= 0.6 is 0 Å². The molecule has 3 aromatic carbocycles. The van der Waals surface area contributed by atoms with Gasteiger partial charge >= 0.3 is 0 Å². The number of hydrogen-bond acceptors (Lipinski definition) is 4. The molecule has 6 nitrogen and oxygen atoms in total. The van der Waals surface area contributed by atoms with Crippen molar-refractivity contribution in [3.63, 3.8) is 0 Å². The van der Waals surface area contributed by atoms with Crippen LogP contribution < -0.4 is 14.4 Å². The van der Waals surface area contributed by atoms with Crippen LogP contribution in [-0.2, 0) is 21.2 Å². The molecule has 0 heterocycles. The van der Waals surface area contributed by atoms with Gasteiger partial charge in [0.05, 0.1) is 17.7 Å². The Kier molecular flexibility index (Phi) is 7.89. The van der Waals surface area contributed by atoms with Gasteiger partial charge in [-0.3, -0.25) is 9.10 Å². The van der Waals surface area contributed by atoms with Gasteiger partial charge in [0.25, 0.3) is 10.0 Å². The molecule has 0 radical (unpaired) electrons. The number of amides is 1. The molecule has 0 aliphatic rings. The lowest BCUT2D eigenvalue weighted by atomic mass is 10.1. The van der Waals surface area contributed by atoms with E-state index in [9.17, 15) is 13.2 Å². The van der Waals surface area contributed by atoms with E-state index in [1.165, 1.54) is 30.4 Å². The van der Waals surface area contributed by atoms with Gasteiger partial charge in [0.2, 0.25) is 5.91 Å². The van der Waals surface area contributed by atoms with Crippen LogP contribution in [0, 0.1) is 6.92 Å². The number of sulfonamides is 1. The highest BCUT2D eigenvalue weighted by atomic mass is 32.2. The Labute approximate surface area is 189 Å². The van der Waals surface area contributed by atoms with Crippen LogP contribution in [0.1, 0.15) is 17.5 Å². The van der Waals surface area contributed by atoms with Gasteiger partial charge in [-0.2, -0.15) is 0 Å². The minimum absolute atomic E-state index is 0.128. The third kappa shape index (κ3) is 6.11. The first-order valence-electron chi connectivity index (χ1n) is 10.4. The number of nitrogens with zero attached hydrogens (tertiary/aromatic N) is 1. The summed E-state index contributed by atoms with van der Waals surface area (Å²) in [4.78, 5) is 12.8. The Morgan fingerprint density at radius 3 is 2.34 bits per heavy atom. The molecular formula is C25H28N2O4S. The molecule has 3 rings (SSSR count). The second kappa shape index (κ2) is 10.8. The summed E-state index contributed by atoms with van der Waals surface area (Å²) >= 11 is 0. The zero-order chi connectivity index (χ0) is 23.0. The maximum Gasteiger partial charge on any atom is 0.264 e. The van der Waals surface area contributed by atoms with Crippen LogP contribution in [0.5, 0.6) is 5.75 Å². The summed E-state index contributed by atoms with van der Waals surface area (Å²) in [5.74, 6) is 0.246. The van der Waals surface area contributed by atoms with Crippen molar-refractivity contribution in [1.82, 2.24) is 5.32 Å². The lowest BCUT2D eigenvalue weighted by Crippen LogP contribution is -2.41. The number of benzene rings is 3. The summed E-state index contributed by atoms with van der Waals surface area (Å²) in [5.41, 5.74) is 2.81. The third-order valence-corrected chi connectivity index (χ3v) is 6.81. The molecule has 1 amide bonds. The molecule has 3 aromatic rings. The maximum absolute atomic E-state index is 13.3. The first-order chi connectivity index (χ1) is 15.4. The molecule has 0 saturated carbocycles. The predicted molar refractivity (Wildman–Crippen MR) is 126 cm³/mol. The van der Waals surface area contributed by atoms with Gasteiger partial charge in [0.1, 0.15) is 12.3 Å². The Bertz CT molecular complexity index is 1130. The molecule has 1 N–H and O–H groups in total. The highest BCUT2D eigenvalue weighted by Crippen LogP contribution is 2.25. The van der Waals surface area contributed by atoms with Crippen LogP contribution in [0.3, 0.4) is 0 Å². The van der Waals surface area contributed by atoms with Crippen LogP contribution in [-0.4, -0.2) is 34.5 Å². The van der Waals surface area contributed by atoms with E-state index < -0.39 is 10.0 Å². The second-order valence-electron chi connectivity index (χ2n) is 7.47. The van der Waals surface area contributed by atoms with E-state index in [-0.39, 0.29) is 17.3 Å². The number of nitrogens with one attached hydrogen (secondary N) is 1. The molecule has 0 spiro atoms. The highest BCUT2D eigenvalue weighted by Gasteiger charge is 2.27. The van der Waals surface area contributed by atoms with E-state index in [2.05, 4.69) is 17.4 Å². The van der Waals surface area contributed by atoms with Gasteiger partial charge in [0, 0.05) is 6.54 Å². The van der Waals surface area contributed by atoms with Crippen molar-refractivity contribution in [2.75, 3.05) is 24.5 Å². The van der Waals surface area contributed by atoms with Crippen LogP contribution in [0.4, 0.5) is 5.69 Å². The van der Waals surface area contributed by atoms with Crippen molar-refractivity contribution in [3.8, 4) is 5.75 Å². The first kappa shape index (κ1) is 23.3. The van der Waals surface area contributed by atoms with Crippen LogP contribution in [0.25, 0.3) is 0 Å². The van der Waals surface area contributed by atoms with Gasteiger partial charge in [-0.15, -0.1) is 0 Å². The Morgan fingerprint density at radius 1 is 0.969 bits per heavy atom. The van der Waals surface area contributed by atoms with Gasteiger partial charge in [-0.05, 0) is 61.7 Å². The van der Waals surface area contributed by atoms with E-state index in [0.717, 1.165) is 17.1 Å². The lowest BCUT2D eigenvalue weighted by Gasteiger charge is -2.24. The summed E-state index contributed by atoms with van der Waals surface area (Å²) in [6, 6.07) is 23.0. The lowest BCUT2D eigenvalue weighted by molar-refractivity contribution is -0.119. The minimum atomic E-state index is -3.92. The van der Waals surface area contributed by atoms with E-state index in [1.807, 2.05) is 19.1 Å². The van der Waals surface area contributed by atoms with Crippen molar-refractivity contribution < 1.29 is 17.9 Å². The van der Waals surface area contributed by atoms with Crippen molar-refractivity contribution in [2.24, 2.45) is 0 Å². The number of hydrogen-bond donors (Lipinski definition) is 1. The van der Waals surface area contributed by atoms with Gasteiger partial charge in [0.15, 0.2) is 0 Å². The number of carbonyl (C=O) groups excluding carboxylic acids is 1. The van der Waals surface area contributed by atoms with Crippen LogP contribution in [0.2, 0.25) is 0 Å². The molecule has 168 valence electrons.